The third-order valence-electron chi connectivity index (χ3n) is 3.67. The van der Waals surface area contributed by atoms with E-state index in [4.69, 9.17) is 5.26 Å². The van der Waals surface area contributed by atoms with Crippen LogP contribution in [0.5, 0.6) is 0 Å². The van der Waals surface area contributed by atoms with Gasteiger partial charge in [-0.15, -0.1) is 0 Å². The topological polar surface area (TPSA) is 77.2 Å². The van der Waals surface area contributed by atoms with Gasteiger partial charge >= 0.3 is 5.97 Å². The van der Waals surface area contributed by atoms with Crippen LogP contribution in [0.15, 0.2) is 18.3 Å². The van der Waals surface area contributed by atoms with E-state index >= 15 is 0 Å². The average Bonchev–Trinajstić information content (AvgIpc) is 2.37. The number of hydrogen-bond acceptors (Lipinski definition) is 4. The van der Waals surface area contributed by atoms with Gasteiger partial charge in [-0.2, -0.15) is 5.26 Å². The molecule has 0 radical (unpaired) electrons. The Labute approximate surface area is 112 Å². The van der Waals surface area contributed by atoms with Gasteiger partial charge in [-0.1, -0.05) is 13.8 Å². The van der Waals surface area contributed by atoms with Gasteiger partial charge in [0.1, 0.15) is 11.9 Å². The van der Waals surface area contributed by atoms with E-state index in [-0.39, 0.29) is 5.41 Å². The lowest BCUT2D eigenvalue weighted by molar-refractivity contribution is -0.142. The highest BCUT2D eigenvalue weighted by Gasteiger charge is 2.43. The number of carbonyl (C=O) groups is 1. The van der Waals surface area contributed by atoms with Gasteiger partial charge < -0.3 is 10.0 Å². The lowest BCUT2D eigenvalue weighted by Gasteiger charge is -2.44. The largest absolute Gasteiger partial charge is 0.480 e. The van der Waals surface area contributed by atoms with Crippen LogP contribution in [0.1, 0.15) is 32.3 Å². The number of rotatable bonds is 2. The molecule has 0 amide bonds. The molecule has 0 aromatic carbocycles. The first-order chi connectivity index (χ1) is 8.95. The lowest BCUT2D eigenvalue weighted by Crippen LogP contribution is -2.54. The van der Waals surface area contributed by atoms with E-state index in [1.807, 2.05) is 13.8 Å². The fraction of sp³-hybridized carbons (Fsp3) is 0.500. The maximum Gasteiger partial charge on any atom is 0.326 e. The minimum atomic E-state index is -0.839. The summed E-state index contributed by atoms with van der Waals surface area (Å²) in [5.74, 6) is -0.270. The number of anilines is 1. The Kier molecular flexibility index (Phi) is 3.43. The Balaban J connectivity index is 2.41. The zero-order chi connectivity index (χ0) is 14.0. The van der Waals surface area contributed by atoms with Crippen LogP contribution in [0.2, 0.25) is 0 Å². The Hall–Kier alpha value is -2.09. The Morgan fingerprint density at radius 3 is 3.00 bits per heavy atom. The lowest BCUT2D eigenvalue weighted by atomic mass is 9.76. The first-order valence-corrected chi connectivity index (χ1v) is 6.31. The molecule has 0 aliphatic carbocycles. The van der Waals surface area contributed by atoms with Gasteiger partial charge in [0.2, 0.25) is 0 Å². The molecule has 5 nitrogen and oxygen atoms in total. The summed E-state index contributed by atoms with van der Waals surface area (Å²) in [7, 11) is 0. The van der Waals surface area contributed by atoms with Crippen LogP contribution in [0.4, 0.5) is 5.82 Å². The molecule has 0 spiro atoms. The van der Waals surface area contributed by atoms with E-state index in [0.29, 0.717) is 17.9 Å². The molecular weight excluding hydrogens is 242 g/mol. The number of aromatic nitrogens is 1. The smallest absolute Gasteiger partial charge is 0.326 e. The van der Waals surface area contributed by atoms with Gasteiger partial charge in [0.15, 0.2) is 0 Å². The van der Waals surface area contributed by atoms with Crippen LogP contribution in [0.25, 0.3) is 0 Å². The zero-order valence-corrected chi connectivity index (χ0v) is 11.1. The SMILES string of the molecule is CC1(C)CCCN(c2cc(C#N)ccn2)C1C(=O)O. The normalized spacial score (nSPS) is 21.7. The van der Waals surface area contributed by atoms with Gasteiger partial charge in [0, 0.05) is 12.7 Å². The van der Waals surface area contributed by atoms with Gasteiger partial charge in [0.05, 0.1) is 11.6 Å². The van der Waals surface area contributed by atoms with Crippen LogP contribution in [0, 0.1) is 16.7 Å². The van der Waals surface area contributed by atoms with E-state index in [2.05, 4.69) is 11.1 Å². The molecule has 0 saturated carbocycles. The van der Waals surface area contributed by atoms with Gasteiger partial charge in [0.25, 0.3) is 0 Å². The third kappa shape index (κ3) is 2.53. The summed E-state index contributed by atoms with van der Waals surface area (Å²) in [6.45, 7) is 4.58. The van der Waals surface area contributed by atoms with Crippen molar-refractivity contribution in [3.05, 3.63) is 23.9 Å². The summed E-state index contributed by atoms with van der Waals surface area (Å²) < 4.78 is 0. The number of nitrogens with zero attached hydrogens (tertiary/aromatic N) is 3. The van der Waals surface area contributed by atoms with Crippen LogP contribution in [-0.4, -0.2) is 28.6 Å². The summed E-state index contributed by atoms with van der Waals surface area (Å²) in [4.78, 5) is 17.6. The molecule has 1 aliphatic rings. The fourth-order valence-electron chi connectivity index (χ4n) is 2.75. The van der Waals surface area contributed by atoms with Crippen molar-refractivity contribution in [2.45, 2.75) is 32.7 Å². The highest BCUT2D eigenvalue weighted by atomic mass is 16.4. The number of pyridine rings is 1. The Morgan fingerprint density at radius 2 is 2.37 bits per heavy atom. The number of piperidine rings is 1. The van der Waals surface area contributed by atoms with E-state index in [1.165, 1.54) is 0 Å². The summed E-state index contributed by atoms with van der Waals surface area (Å²) in [5.41, 5.74) is 0.187. The number of nitriles is 1. The highest BCUT2D eigenvalue weighted by molar-refractivity contribution is 5.79. The van der Waals surface area contributed by atoms with Crippen molar-refractivity contribution in [2.24, 2.45) is 5.41 Å². The van der Waals surface area contributed by atoms with Crippen LogP contribution < -0.4 is 4.90 Å². The van der Waals surface area contributed by atoms with Crippen molar-refractivity contribution >= 4 is 11.8 Å². The first-order valence-electron chi connectivity index (χ1n) is 6.31. The first kappa shape index (κ1) is 13.3. The van der Waals surface area contributed by atoms with E-state index in [1.54, 1.807) is 23.2 Å². The number of aliphatic carboxylic acids is 1. The molecule has 1 unspecified atom stereocenters. The molecule has 2 heterocycles. The van der Waals surface area contributed by atoms with E-state index in [9.17, 15) is 9.90 Å². The Morgan fingerprint density at radius 1 is 1.63 bits per heavy atom. The minimum absolute atomic E-state index is 0.311. The number of hydrogen-bond donors (Lipinski definition) is 1. The van der Waals surface area contributed by atoms with E-state index in [0.717, 1.165) is 12.8 Å². The molecular formula is C14H17N3O2. The standard InChI is InChI=1S/C14H17N3O2/c1-14(2)5-3-7-17(12(14)13(18)19)11-8-10(9-15)4-6-16-11/h4,6,8,12H,3,5,7H2,1-2H3,(H,18,19). The third-order valence-corrected chi connectivity index (χ3v) is 3.67. The summed E-state index contributed by atoms with van der Waals surface area (Å²) in [6.07, 6.45) is 3.35. The molecule has 5 heteroatoms. The molecule has 1 N–H and O–H groups in total. The molecule has 1 aromatic heterocycles. The molecule has 1 aromatic rings. The molecule has 1 fully saturated rings. The van der Waals surface area contributed by atoms with Crippen LogP contribution in [0.3, 0.4) is 0 Å². The summed E-state index contributed by atoms with van der Waals surface area (Å²) in [6, 6.07) is 4.72. The molecule has 2 rings (SSSR count). The monoisotopic (exact) mass is 259 g/mol. The average molecular weight is 259 g/mol. The van der Waals surface area contributed by atoms with Crippen molar-refractivity contribution in [1.82, 2.24) is 4.98 Å². The summed E-state index contributed by atoms with van der Waals surface area (Å²) in [5, 5.41) is 18.4. The van der Waals surface area contributed by atoms with Crippen molar-refractivity contribution in [3.8, 4) is 6.07 Å². The minimum Gasteiger partial charge on any atom is -0.480 e. The second-order valence-electron chi connectivity index (χ2n) is 5.54. The molecule has 1 atom stereocenters. The molecule has 0 bridgehead atoms. The predicted molar refractivity (Wildman–Crippen MR) is 70.7 cm³/mol. The quantitative estimate of drug-likeness (QED) is 0.879. The van der Waals surface area contributed by atoms with Gasteiger partial charge in [-0.3, -0.25) is 0 Å². The molecule has 1 aliphatic heterocycles. The highest BCUT2D eigenvalue weighted by Crippen LogP contribution is 2.37. The Bertz CT molecular complexity index is 534. The fourth-order valence-corrected chi connectivity index (χ4v) is 2.75. The summed E-state index contributed by atoms with van der Waals surface area (Å²) >= 11 is 0. The van der Waals surface area contributed by atoms with Crippen molar-refractivity contribution < 1.29 is 9.90 Å². The molecule has 1 saturated heterocycles. The molecule has 19 heavy (non-hydrogen) atoms. The van der Waals surface area contributed by atoms with Crippen molar-refractivity contribution in [1.29, 1.82) is 5.26 Å². The number of carboxylic acid groups (broad SMARTS) is 1. The van der Waals surface area contributed by atoms with Gasteiger partial charge in [-0.05, 0) is 30.4 Å². The second kappa shape index (κ2) is 4.88. The second-order valence-corrected chi connectivity index (χ2v) is 5.54. The van der Waals surface area contributed by atoms with Crippen LogP contribution in [-0.2, 0) is 4.79 Å². The van der Waals surface area contributed by atoms with Crippen molar-refractivity contribution in [2.75, 3.05) is 11.4 Å². The zero-order valence-electron chi connectivity index (χ0n) is 11.1. The maximum atomic E-state index is 11.6. The van der Waals surface area contributed by atoms with Crippen LogP contribution >= 0.6 is 0 Å². The number of carboxylic acids is 1. The maximum absolute atomic E-state index is 11.6. The van der Waals surface area contributed by atoms with E-state index < -0.39 is 12.0 Å². The molecule has 100 valence electrons. The van der Waals surface area contributed by atoms with Gasteiger partial charge in [-0.25, -0.2) is 9.78 Å². The van der Waals surface area contributed by atoms with Crippen molar-refractivity contribution in [3.63, 3.8) is 0 Å². The predicted octanol–water partition coefficient (Wildman–Crippen LogP) is 2.03.